The van der Waals surface area contributed by atoms with E-state index >= 15 is 0 Å². The minimum atomic E-state index is -2.06. The van der Waals surface area contributed by atoms with E-state index in [2.05, 4.69) is 9.47 Å². The number of methoxy groups -OCH3 is 2. The molecule has 0 atom stereocenters. The van der Waals surface area contributed by atoms with Gasteiger partial charge >= 0.3 is 48.1 Å². The van der Waals surface area contributed by atoms with Crippen LogP contribution >= 0.6 is 0 Å². The molecule has 0 aromatic heterocycles. The van der Waals surface area contributed by atoms with Crippen LogP contribution in [0.2, 0.25) is 0 Å². The number of ether oxygens (including phenoxy) is 10. The minimum Gasteiger partial charge on any atom is -0.461 e. The molecule has 0 radical (unpaired) electrons. The van der Waals surface area contributed by atoms with Gasteiger partial charge in [-0.25, -0.2) is 38.4 Å². The molecule has 0 aliphatic heterocycles. The third-order valence-corrected chi connectivity index (χ3v) is 7.89. The Hall–Kier alpha value is -7.84. The van der Waals surface area contributed by atoms with Crippen LogP contribution in [0.25, 0.3) is 0 Å². The lowest BCUT2D eigenvalue weighted by Crippen LogP contribution is -2.44. The van der Waals surface area contributed by atoms with Gasteiger partial charge in [0.2, 0.25) is 0 Å². The molecular formula is C41H36O20. The van der Waals surface area contributed by atoms with Gasteiger partial charge < -0.3 is 57.6 Å². The number of aliphatic hydroxyl groups is 2. The highest BCUT2D eigenvalue weighted by molar-refractivity contribution is 5.95. The minimum absolute atomic E-state index is 0.292. The molecule has 4 aromatic carbocycles. The van der Waals surface area contributed by atoms with E-state index in [1.807, 2.05) is 0 Å². The van der Waals surface area contributed by atoms with Gasteiger partial charge in [-0.15, -0.1) is 0 Å². The highest BCUT2D eigenvalue weighted by Gasteiger charge is 2.40. The number of hydrogen-bond acceptors (Lipinski definition) is 20. The predicted molar refractivity (Wildman–Crippen MR) is 201 cm³/mol. The summed E-state index contributed by atoms with van der Waals surface area (Å²) >= 11 is 0. The zero-order valence-electron chi connectivity index (χ0n) is 32.2. The molecule has 0 aliphatic rings. The lowest BCUT2D eigenvalue weighted by Gasteiger charge is -2.32. The molecule has 0 heterocycles. The molecule has 0 bridgehead atoms. The largest absolute Gasteiger partial charge is 0.513 e. The maximum Gasteiger partial charge on any atom is 0.513 e. The van der Waals surface area contributed by atoms with Crippen LogP contribution in [0.4, 0.5) is 9.59 Å². The van der Waals surface area contributed by atoms with E-state index in [1.54, 1.807) is 0 Å². The van der Waals surface area contributed by atoms with Crippen molar-refractivity contribution in [3.8, 4) is 23.0 Å². The van der Waals surface area contributed by atoms with Crippen molar-refractivity contribution in [3.05, 3.63) is 119 Å². The molecule has 0 aliphatic carbocycles. The van der Waals surface area contributed by atoms with E-state index in [9.17, 15) is 48.6 Å². The van der Waals surface area contributed by atoms with Crippen LogP contribution in [0, 0.1) is 5.41 Å². The van der Waals surface area contributed by atoms with Gasteiger partial charge in [0.1, 0.15) is 90.3 Å². The lowest BCUT2D eigenvalue weighted by molar-refractivity contribution is -0.138. The number of rotatable bonds is 18. The number of carbonyl (C=O) groups is 8. The number of esters is 6. The van der Waals surface area contributed by atoms with Crippen LogP contribution < -0.4 is 18.9 Å². The van der Waals surface area contributed by atoms with E-state index in [1.165, 1.54) is 97.1 Å². The number of carbonyl (C=O) groups excluding carboxylic acids is 8. The number of para-hydroxylation sites is 4. The molecular weight excluding hydrogens is 812 g/mol. The van der Waals surface area contributed by atoms with Crippen molar-refractivity contribution in [2.75, 3.05) is 53.9 Å². The first kappa shape index (κ1) is 45.9. The van der Waals surface area contributed by atoms with Crippen molar-refractivity contribution < 1.29 is 95.9 Å². The monoisotopic (exact) mass is 848 g/mol. The fourth-order valence-corrected chi connectivity index (χ4v) is 4.91. The zero-order valence-corrected chi connectivity index (χ0v) is 32.2. The fraction of sp³-hybridized carbons (Fsp3) is 0.220. The first-order valence-corrected chi connectivity index (χ1v) is 17.5. The van der Waals surface area contributed by atoms with E-state index in [-0.39, 0.29) is 45.3 Å². The van der Waals surface area contributed by atoms with Gasteiger partial charge in [-0.05, 0) is 48.5 Å². The molecule has 0 saturated heterocycles. The maximum atomic E-state index is 13.6. The van der Waals surface area contributed by atoms with Gasteiger partial charge in [0, 0.05) is 0 Å². The summed E-state index contributed by atoms with van der Waals surface area (Å²) in [5, 5.41) is 18.4. The standard InChI is InChI=1S/C41H36O20/c1-52-39(50)60-31-17-9-5-13-27(31)37(48)56-23-41(21-54-35(46)25-11-3-7-15-29(25)58-33(44)19-42,22-55-36(47)26-12-4-8-16-30(26)59-34(45)20-43)24-57-38(49)28-14-6-10-18-32(28)61-40(51)53-2/h3-18,42-43H,19-24H2,1-2H3. The van der Waals surface area contributed by atoms with Gasteiger partial charge in [-0.2, -0.15) is 0 Å². The Morgan fingerprint density at radius 2 is 0.656 bits per heavy atom. The van der Waals surface area contributed by atoms with Crippen molar-refractivity contribution in [3.63, 3.8) is 0 Å². The molecule has 320 valence electrons. The van der Waals surface area contributed by atoms with Gasteiger partial charge in [0.05, 0.1) is 14.2 Å². The van der Waals surface area contributed by atoms with Crippen LogP contribution in [0.15, 0.2) is 97.1 Å². The topological polar surface area (TPSA) is 269 Å². The Labute approximate surface area is 345 Å². The molecule has 0 saturated carbocycles. The van der Waals surface area contributed by atoms with Crippen molar-refractivity contribution in [2.24, 2.45) is 5.41 Å². The molecule has 0 fully saturated rings. The van der Waals surface area contributed by atoms with Crippen molar-refractivity contribution in [1.82, 2.24) is 0 Å². The summed E-state index contributed by atoms with van der Waals surface area (Å²) in [4.78, 5) is 102. The Kier molecular flexibility index (Phi) is 16.8. The van der Waals surface area contributed by atoms with Crippen molar-refractivity contribution >= 4 is 48.1 Å². The average molecular weight is 849 g/mol. The molecule has 4 aromatic rings. The SMILES string of the molecule is COC(=O)Oc1ccccc1C(=O)OCC(COC(=O)c1ccccc1OC(=O)CO)(COC(=O)c1ccccc1OC(=O)CO)COC(=O)c1ccccc1OC(=O)OC. The number of aliphatic hydroxyl groups excluding tert-OH is 2. The molecule has 0 unspecified atom stereocenters. The molecule has 20 heteroatoms. The Morgan fingerprint density at radius 1 is 0.410 bits per heavy atom. The second-order valence-corrected chi connectivity index (χ2v) is 12.2. The second kappa shape index (κ2) is 22.3. The fourth-order valence-electron chi connectivity index (χ4n) is 4.91. The summed E-state index contributed by atoms with van der Waals surface area (Å²) in [6.07, 6.45) is -2.35. The van der Waals surface area contributed by atoms with Crippen LogP contribution in [0.3, 0.4) is 0 Å². The van der Waals surface area contributed by atoms with Crippen molar-refractivity contribution in [1.29, 1.82) is 0 Å². The normalized spacial score (nSPS) is 10.6. The van der Waals surface area contributed by atoms with E-state index in [4.69, 9.17) is 37.9 Å². The Balaban J connectivity index is 1.76. The Morgan fingerprint density at radius 3 is 0.902 bits per heavy atom. The summed E-state index contributed by atoms with van der Waals surface area (Å²) in [6.45, 7) is -5.64. The van der Waals surface area contributed by atoms with Gasteiger partial charge in [0.25, 0.3) is 0 Å². The molecule has 2 N–H and O–H groups in total. The van der Waals surface area contributed by atoms with Gasteiger partial charge in [-0.3, -0.25) is 0 Å². The molecule has 61 heavy (non-hydrogen) atoms. The van der Waals surface area contributed by atoms with Gasteiger partial charge in [-0.1, -0.05) is 48.5 Å². The van der Waals surface area contributed by atoms with Crippen LogP contribution in [0.1, 0.15) is 41.4 Å². The average Bonchev–Trinajstić information content (AvgIpc) is 3.28. The highest BCUT2D eigenvalue weighted by atomic mass is 16.7. The third-order valence-electron chi connectivity index (χ3n) is 7.89. The first-order valence-electron chi connectivity index (χ1n) is 17.5. The van der Waals surface area contributed by atoms with E-state index in [0.29, 0.717) is 0 Å². The predicted octanol–water partition coefficient (Wildman–Crippen LogP) is 3.49. The molecule has 0 amide bonds. The van der Waals surface area contributed by atoms with E-state index < -0.39 is 93.2 Å². The summed E-state index contributed by atoms with van der Waals surface area (Å²) in [5.74, 6) is -8.07. The Bertz CT molecular complexity index is 1930. The molecule has 4 rings (SSSR count). The summed E-state index contributed by atoms with van der Waals surface area (Å²) in [5.41, 5.74) is -3.32. The number of hydrogen-bond donors (Lipinski definition) is 2. The van der Waals surface area contributed by atoms with E-state index in [0.717, 1.165) is 14.2 Å². The summed E-state index contributed by atoms with van der Waals surface area (Å²) in [7, 11) is 2.07. The van der Waals surface area contributed by atoms with Gasteiger partial charge in [0.15, 0.2) is 0 Å². The second-order valence-electron chi connectivity index (χ2n) is 12.2. The van der Waals surface area contributed by atoms with Crippen LogP contribution in [0.5, 0.6) is 23.0 Å². The third kappa shape index (κ3) is 13.1. The highest BCUT2D eigenvalue weighted by Crippen LogP contribution is 2.29. The molecule has 0 spiro atoms. The van der Waals surface area contributed by atoms with Crippen molar-refractivity contribution in [2.45, 2.75) is 0 Å². The quantitative estimate of drug-likeness (QED) is 0.0628. The smallest absolute Gasteiger partial charge is 0.461 e. The first-order chi connectivity index (χ1) is 29.3. The van der Waals surface area contributed by atoms with Crippen LogP contribution in [-0.4, -0.2) is 112 Å². The summed E-state index contributed by atoms with van der Waals surface area (Å²) in [6, 6.07) is 21.2. The molecule has 20 nitrogen and oxygen atoms in total. The number of benzene rings is 4. The van der Waals surface area contributed by atoms with Crippen LogP contribution in [-0.2, 0) is 38.0 Å². The lowest BCUT2D eigenvalue weighted by atomic mass is 9.92. The maximum absolute atomic E-state index is 13.6. The summed E-state index contributed by atoms with van der Waals surface area (Å²) < 4.78 is 51.6. The zero-order chi connectivity index (χ0) is 44.4.